The Labute approximate surface area is 123 Å². The van der Waals surface area contributed by atoms with Crippen molar-refractivity contribution in [2.45, 2.75) is 19.1 Å². The zero-order valence-corrected chi connectivity index (χ0v) is 12.5. The number of carbonyl (C=O) groups excluding carboxylic acids is 1. The molecule has 1 amide bonds. The molecule has 2 N–H and O–H groups in total. The number of amides is 1. The summed E-state index contributed by atoms with van der Waals surface area (Å²) in [6, 6.07) is 6.88. The number of aliphatic hydroxyl groups is 1. The summed E-state index contributed by atoms with van der Waals surface area (Å²) in [5.74, 6) is -0.336. The number of aliphatic hydroxyl groups excluding tert-OH is 1. The second kappa shape index (κ2) is 6.23. The van der Waals surface area contributed by atoms with Gasteiger partial charge in [0.15, 0.2) is 5.69 Å². The fraction of sp³-hybridized carbons (Fsp3) is 0.250. The van der Waals surface area contributed by atoms with Crippen molar-refractivity contribution in [3.05, 3.63) is 45.4 Å². The number of nitrogens with one attached hydrogen (secondary N) is 1. The molecule has 0 aliphatic heterocycles. The highest BCUT2D eigenvalue weighted by Gasteiger charge is 2.20. The zero-order valence-electron chi connectivity index (χ0n) is 10.1. The molecular formula is C12H12BrN3O2S. The third-order valence-electron chi connectivity index (χ3n) is 2.64. The molecule has 2 aromatic rings. The van der Waals surface area contributed by atoms with E-state index in [1.165, 1.54) is 0 Å². The number of rotatable bonds is 4. The lowest BCUT2D eigenvalue weighted by Crippen LogP contribution is -2.37. The fourth-order valence-electron chi connectivity index (χ4n) is 1.57. The molecule has 0 bridgehead atoms. The van der Waals surface area contributed by atoms with Crippen molar-refractivity contribution in [1.29, 1.82) is 0 Å². The van der Waals surface area contributed by atoms with Crippen LogP contribution in [0.1, 0.15) is 29.1 Å². The van der Waals surface area contributed by atoms with Gasteiger partial charge in [-0.2, -0.15) is 0 Å². The van der Waals surface area contributed by atoms with E-state index in [0.717, 1.165) is 21.6 Å². The lowest BCUT2D eigenvalue weighted by molar-refractivity contribution is 0.0847. The third kappa shape index (κ3) is 3.59. The molecule has 1 aromatic heterocycles. The summed E-state index contributed by atoms with van der Waals surface area (Å²) in [5.41, 5.74) is 1.01. The monoisotopic (exact) mass is 341 g/mol. The fourth-order valence-corrected chi connectivity index (χ4v) is 2.27. The van der Waals surface area contributed by atoms with Gasteiger partial charge in [-0.25, -0.2) is 0 Å². The molecule has 0 saturated carbocycles. The Morgan fingerprint density at radius 2 is 2.11 bits per heavy atom. The number of benzene rings is 1. The van der Waals surface area contributed by atoms with Crippen LogP contribution >= 0.6 is 27.5 Å². The van der Waals surface area contributed by atoms with Crippen molar-refractivity contribution in [3.63, 3.8) is 0 Å². The summed E-state index contributed by atoms with van der Waals surface area (Å²) in [7, 11) is 0. The summed E-state index contributed by atoms with van der Waals surface area (Å²) in [5, 5.41) is 18.1. The van der Waals surface area contributed by atoms with Crippen LogP contribution in [0.3, 0.4) is 0 Å². The Morgan fingerprint density at radius 3 is 2.68 bits per heavy atom. The largest absolute Gasteiger partial charge is 0.386 e. The predicted octanol–water partition coefficient (Wildman–Crippen LogP) is 2.15. The van der Waals surface area contributed by atoms with E-state index in [9.17, 15) is 9.90 Å². The zero-order chi connectivity index (χ0) is 13.8. The molecule has 0 aliphatic carbocycles. The minimum absolute atomic E-state index is 0.264. The molecule has 2 rings (SSSR count). The molecule has 5 nitrogen and oxygen atoms in total. The number of carbonyl (C=O) groups is 1. The van der Waals surface area contributed by atoms with Crippen LogP contribution in [-0.2, 0) is 0 Å². The number of hydrogen-bond acceptors (Lipinski definition) is 5. The first-order chi connectivity index (χ1) is 9.08. The molecule has 7 heteroatoms. The Hall–Kier alpha value is -1.31. The summed E-state index contributed by atoms with van der Waals surface area (Å²) < 4.78 is 4.56. The van der Waals surface area contributed by atoms with Gasteiger partial charge in [-0.05, 0) is 36.2 Å². The van der Waals surface area contributed by atoms with Gasteiger partial charge in [-0.3, -0.25) is 4.79 Å². The number of nitrogens with zero attached hydrogens (tertiary/aromatic N) is 2. The first-order valence-corrected chi connectivity index (χ1v) is 7.22. The lowest BCUT2D eigenvalue weighted by atomic mass is 10.0. The van der Waals surface area contributed by atoms with E-state index in [2.05, 4.69) is 30.8 Å². The lowest BCUT2D eigenvalue weighted by Gasteiger charge is -2.20. The van der Waals surface area contributed by atoms with E-state index in [4.69, 9.17) is 0 Å². The molecule has 2 atom stereocenters. The highest BCUT2D eigenvalue weighted by Crippen LogP contribution is 2.19. The van der Waals surface area contributed by atoms with Crippen molar-refractivity contribution in [3.8, 4) is 0 Å². The quantitative estimate of drug-likeness (QED) is 0.893. The number of halogens is 1. The molecular weight excluding hydrogens is 330 g/mol. The van der Waals surface area contributed by atoms with E-state index in [0.29, 0.717) is 0 Å². The van der Waals surface area contributed by atoms with E-state index in [1.807, 2.05) is 24.3 Å². The van der Waals surface area contributed by atoms with Crippen molar-refractivity contribution in [2.75, 3.05) is 0 Å². The van der Waals surface area contributed by atoms with Crippen LogP contribution in [0.15, 0.2) is 34.1 Å². The normalized spacial score (nSPS) is 13.8. The maximum atomic E-state index is 11.8. The van der Waals surface area contributed by atoms with Crippen LogP contribution in [-0.4, -0.2) is 26.6 Å². The Kier molecular flexibility index (Phi) is 4.62. The van der Waals surface area contributed by atoms with Crippen LogP contribution in [0, 0.1) is 0 Å². The highest BCUT2D eigenvalue weighted by atomic mass is 79.9. The Morgan fingerprint density at radius 1 is 1.42 bits per heavy atom. The Bertz CT molecular complexity index is 545. The van der Waals surface area contributed by atoms with Crippen molar-refractivity contribution >= 4 is 33.4 Å². The SMILES string of the molecule is C[C@@H](NC(=O)c1csnn1)[C@@H](O)c1ccc(Br)cc1. The minimum atomic E-state index is -0.774. The maximum Gasteiger partial charge on any atom is 0.273 e. The van der Waals surface area contributed by atoms with Crippen molar-refractivity contribution < 1.29 is 9.90 Å². The molecule has 19 heavy (non-hydrogen) atoms. The standard InChI is InChI=1S/C12H12BrN3O2S/c1-7(14-12(18)10-6-19-16-15-10)11(17)8-2-4-9(13)5-3-8/h2-7,11,17H,1H3,(H,14,18)/t7-,11-/m1/s1. The molecule has 0 unspecified atom stereocenters. The molecule has 1 aromatic carbocycles. The summed E-state index contributed by atoms with van der Waals surface area (Å²) >= 11 is 4.44. The topological polar surface area (TPSA) is 75.1 Å². The van der Waals surface area contributed by atoms with E-state index in [-0.39, 0.29) is 11.6 Å². The molecule has 100 valence electrons. The smallest absolute Gasteiger partial charge is 0.273 e. The van der Waals surface area contributed by atoms with Crippen molar-refractivity contribution in [2.24, 2.45) is 0 Å². The van der Waals surface area contributed by atoms with Crippen LogP contribution < -0.4 is 5.32 Å². The highest BCUT2D eigenvalue weighted by molar-refractivity contribution is 9.10. The third-order valence-corrected chi connectivity index (χ3v) is 3.67. The number of aromatic nitrogens is 2. The van der Waals surface area contributed by atoms with Crippen LogP contribution in [0.4, 0.5) is 0 Å². The van der Waals surface area contributed by atoms with Crippen LogP contribution in [0.5, 0.6) is 0 Å². The van der Waals surface area contributed by atoms with Crippen molar-refractivity contribution in [1.82, 2.24) is 14.9 Å². The average Bonchev–Trinajstić information content (AvgIpc) is 2.92. The summed E-state index contributed by atoms with van der Waals surface area (Å²) in [6.45, 7) is 1.74. The van der Waals surface area contributed by atoms with Gasteiger partial charge in [0, 0.05) is 9.85 Å². The second-order valence-corrected chi connectivity index (χ2v) is 5.57. The van der Waals surface area contributed by atoms with E-state index in [1.54, 1.807) is 12.3 Å². The number of hydrogen-bond donors (Lipinski definition) is 2. The van der Waals surface area contributed by atoms with E-state index >= 15 is 0 Å². The van der Waals surface area contributed by atoms with E-state index < -0.39 is 12.1 Å². The second-order valence-electron chi connectivity index (χ2n) is 4.05. The molecule has 0 aliphatic rings. The summed E-state index contributed by atoms with van der Waals surface area (Å²) in [6.07, 6.45) is -0.774. The van der Waals surface area contributed by atoms with Gasteiger partial charge in [0.2, 0.25) is 0 Å². The van der Waals surface area contributed by atoms with Gasteiger partial charge < -0.3 is 10.4 Å². The first kappa shape index (κ1) is 14.1. The molecule has 1 heterocycles. The maximum absolute atomic E-state index is 11.8. The molecule has 0 fully saturated rings. The predicted molar refractivity (Wildman–Crippen MR) is 75.9 cm³/mol. The van der Waals surface area contributed by atoms with Gasteiger partial charge in [0.25, 0.3) is 5.91 Å². The van der Waals surface area contributed by atoms with Gasteiger partial charge in [0.05, 0.1) is 12.1 Å². The molecule has 0 spiro atoms. The first-order valence-electron chi connectivity index (χ1n) is 5.59. The van der Waals surface area contributed by atoms with Crippen LogP contribution in [0.2, 0.25) is 0 Å². The molecule has 0 radical (unpaired) electrons. The van der Waals surface area contributed by atoms with Gasteiger partial charge in [-0.1, -0.05) is 32.6 Å². The van der Waals surface area contributed by atoms with Gasteiger partial charge in [0.1, 0.15) is 0 Å². The van der Waals surface area contributed by atoms with Crippen LogP contribution in [0.25, 0.3) is 0 Å². The average molecular weight is 342 g/mol. The summed E-state index contributed by atoms with van der Waals surface area (Å²) in [4.78, 5) is 11.8. The Balaban J connectivity index is 2.01. The minimum Gasteiger partial charge on any atom is -0.386 e. The van der Waals surface area contributed by atoms with Gasteiger partial charge >= 0.3 is 0 Å². The van der Waals surface area contributed by atoms with Gasteiger partial charge in [-0.15, -0.1) is 5.10 Å². The molecule has 0 saturated heterocycles.